The molecule has 0 amide bonds. The van der Waals surface area contributed by atoms with Gasteiger partial charge in [0.15, 0.2) is 4.08 Å². The topological polar surface area (TPSA) is 37.3 Å². The molecule has 0 aliphatic rings. The standard InChI is InChI=1S/C10H20O2S8/c1-2-3-4-5-7(13,14)9(17,18)10(19,20)8(15,16)6(11)12/h13-20H,2-5H2,1H3,(H,11,12). The molecule has 0 spiro atoms. The first kappa shape index (κ1) is 22.3. The van der Waals surface area contributed by atoms with E-state index in [1.54, 1.807) is 0 Å². The summed E-state index contributed by atoms with van der Waals surface area (Å²) in [5.74, 6) is -1.30. The number of carboxylic acids is 1. The highest BCUT2D eigenvalue weighted by molar-refractivity contribution is 8.14. The summed E-state index contributed by atoms with van der Waals surface area (Å²) in [6.45, 7) is 2.08. The molecule has 0 radical (unpaired) electrons. The summed E-state index contributed by atoms with van der Waals surface area (Å²) >= 11 is 34.5. The number of unbranched alkanes of at least 4 members (excludes halogenated alkanes) is 2. The molecular formula is C10H20O2S8. The van der Waals surface area contributed by atoms with Crippen molar-refractivity contribution in [3.63, 3.8) is 0 Å². The van der Waals surface area contributed by atoms with Crippen molar-refractivity contribution in [2.24, 2.45) is 0 Å². The molecule has 0 heterocycles. The second kappa shape index (κ2) is 7.90. The molecule has 0 aromatic heterocycles. The van der Waals surface area contributed by atoms with Crippen molar-refractivity contribution < 1.29 is 9.90 Å². The lowest BCUT2D eigenvalue weighted by atomic mass is 10.0. The molecule has 0 fully saturated rings. The van der Waals surface area contributed by atoms with E-state index in [0.29, 0.717) is 6.42 Å². The maximum atomic E-state index is 11.3. The molecule has 0 aromatic rings. The van der Waals surface area contributed by atoms with Crippen LogP contribution in [-0.4, -0.2) is 27.4 Å². The van der Waals surface area contributed by atoms with Crippen LogP contribution in [0, 0.1) is 0 Å². The zero-order valence-corrected chi connectivity index (χ0v) is 17.9. The van der Waals surface area contributed by atoms with Crippen LogP contribution in [0.1, 0.15) is 32.6 Å². The highest BCUT2D eigenvalue weighted by atomic mass is 32.2. The normalized spacial score (nSPS) is 14.4. The summed E-state index contributed by atoms with van der Waals surface area (Å²) in [7, 11) is 0. The Hall–Kier alpha value is 2.27. The van der Waals surface area contributed by atoms with Crippen LogP contribution < -0.4 is 0 Å². The van der Waals surface area contributed by atoms with E-state index in [9.17, 15) is 9.90 Å². The first-order chi connectivity index (χ1) is 8.75. The van der Waals surface area contributed by atoms with Gasteiger partial charge < -0.3 is 5.11 Å². The number of rotatable bonds is 8. The highest BCUT2D eigenvalue weighted by Gasteiger charge is 2.63. The molecule has 0 saturated heterocycles. The smallest absolute Gasteiger partial charge is 0.332 e. The van der Waals surface area contributed by atoms with Crippen molar-refractivity contribution >= 4 is 107 Å². The molecule has 0 aliphatic carbocycles. The Morgan fingerprint density at radius 3 is 1.70 bits per heavy atom. The van der Waals surface area contributed by atoms with Gasteiger partial charge in [0.1, 0.15) is 8.16 Å². The quantitative estimate of drug-likeness (QED) is 0.167. The van der Waals surface area contributed by atoms with Crippen molar-refractivity contribution in [3.05, 3.63) is 0 Å². The molecule has 0 bridgehead atoms. The van der Waals surface area contributed by atoms with E-state index in [4.69, 9.17) is 0 Å². The molecule has 0 aliphatic heterocycles. The fourth-order valence-corrected chi connectivity index (χ4v) is 4.29. The average Bonchev–Trinajstić information content (AvgIpc) is 2.28. The summed E-state index contributed by atoms with van der Waals surface area (Å²) in [6.07, 6.45) is 3.44. The summed E-state index contributed by atoms with van der Waals surface area (Å²) in [5.41, 5.74) is 0. The lowest BCUT2D eigenvalue weighted by Crippen LogP contribution is -2.61. The van der Waals surface area contributed by atoms with Crippen molar-refractivity contribution in [1.82, 2.24) is 0 Å². The Balaban J connectivity index is 5.43. The monoisotopic (exact) mass is 428 g/mol. The lowest BCUT2D eigenvalue weighted by Gasteiger charge is -2.51. The van der Waals surface area contributed by atoms with Crippen molar-refractivity contribution in [2.75, 3.05) is 0 Å². The Morgan fingerprint density at radius 1 is 0.900 bits per heavy atom. The van der Waals surface area contributed by atoms with Gasteiger partial charge in [-0.25, -0.2) is 4.79 Å². The van der Waals surface area contributed by atoms with Gasteiger partial charge in [-0.1, -0.05) is 26.2 Å². The van der Waals surface area contributed by atoms with Crippen molar-refractivity contribution in [1.29, 1.82) is 0 Å². The Bertz CT molecular complexity index is 353. The predicted octanol–water partition coefficient (Wildman–Crippen LogP) is 3.87. The lowest BCUT2D eigenvalue weighted by molar-refractivity contribution is -0.137. The van der Waals surface area contributed by atoms with Crippen LogP contribution in [-0.2, 0) is 4.79 Å². The maximum Gasteiger partial charge on any atom is 0.332 e. The third kappa shape index (κ3) is 4.42. The minimum absolute atomic E-state index is 0.556. The molecule has 0 rings (SSSR count). The van der Waals surface area contributed by atoms with Gasteiger partial charge in [-0.15, -0.1) is 25.3 Å². The Labute approximate surface area is 164 Å². The van der Waals surface area contributed by atoms with Crippen LogP contribution in [0.4, 0.5) is 0 Å². The maximum absolute atomic E-state index is 11.3. The number of carboxylic acid groups (broad SMARTS) is 1. The number of hydrogen-bond donors (Lipinski definition) is 9. The van der Waals surface area contributed by atoms with Crippen molar-refractivity contribution in [2.45, 2.75) is 48.9 Å². The minimum atomic E-state index is -1.88. The number of hydrogen-bond acceptors (Lipinski definition) is 9. The van der Waals surface area contributed by atoms with Gasteiger partial charge in [-0.3, -0.25) is 0 Å². The van der Waals surface area contributed by atoms with E-state index >= 15 is 0 Å². The molecule has 10 heteroatoms. The largest absolute Gasteiger partial charge is 0.480 e. The molecule has 1 N–H and O–H groups in total. The van der Waals surface area contributed by atoms with E-state index in [-0.39, 0.29) is 0 Å². The summed E-state index contributed by atoms with van der Waals surface area (Å²) in [6, 6.07) is 0. The highest BCUT2D eigenvalue weighted by Crippen LogP contribution is 2.60. The molecule has 0 aromatic carbocycles. The molecule has 0 unspecified atom stereocenters. The first-order valence-electron chi connectivity index (χ1n) is 5.78. The fourth-order valence-electron chi connectivity index (χ4n) is 1.47. The van der Waals surface area contributed by atoms with Crippen LogP contribution in [0.25, 0.3) is 0 Å². The summed E-state index contributed by atoms with van der Waals surface area (Å²) < 4.78 is -5.90. The van der Waals surface area contributed by atoms with E-state index in [0.717, 1.165) is 19.3 Å². The van der Waals surface area contributed by atoms with Crippen LogP contribution in [0.5, 0.6) is 0 Å². The summed E-state index contributed by atoms with van der Waals surface area (Å²) in [5, 5.41) is 9.25. The van der Waals surface area contributed by atoms with Crippen LogP contribution in [0.3, 0.4) is 0 Å². The van der Waals surface area contributed by atoms with Gasteiger partial charge in [0.2, 0.25) is 0 Å². The average molecular weight is 429 g/mol. The van der Waals surface area contributed by atoms with E-state index in [1.807, 2.05) is 0 Å². The van der Waals surface area contributed by atoms with Gasteiger partial charge >= 0.3 is 5.97 Å². The Kier molecular flexibility index (Phi) is 8.79. The SMILES string of the molecule is CCCCCC(S)(S)C(S)(S)C(S)(S)C(S)(S)C(=O)O. The van der Waals surface area contributed by atoms with E-state index in [2.05, 4.69) is 108 Å². The first-order valence-corrected chi connectivity index (χ1v) is 9.35. The van der Waals surface area contributed by atoms with Gasteiger partial charge in [-0.05, 0) is 6.42 Å². The van der Waals surface area contributed by atoms with Gasteiger partial charge in [0.05, 0.1) is 4.08 Å². The van der Waals surface area contributed by atoms with Gasteiger partial charge in [0.25, 0.3) is 0 Å². The molecular weight excluding hydrogens is 409 g/mol. The van der Waals surface area contributed by atoms with Crippen LogP contribution >= 0.6 is 101 Å². The number of aliphatic carboxylic acids is 1. The molecule has 2 nitrogen and oxygen atoms in total. The third-order valence-electron chi connectivity index (χ3n) is 2.96. The van der Waals surface area contributed by atoms with Gasteiger partial charge in [0, 0.05) is 0 Å². The van der Waals surface area contributed by atoms with Gasteiger partial charge in [-0.2, -0.15) is 75.8 Å². The fraction of sp³-hybridized carbons (Fsp3) is 0.900. The zero-order chi connectivity index (χ0) is 16.4. The number of thiol groups is 8. The second-order valence-corrected chi connectivity index (χ2v) is 11.6. The molecule has 0 saturated carbocycles. The zero-order valence-electron chi connectivity index (χ0n) is 10.8. The minimum Gasteiger partial charge on any atom is -0.480 e. The second-order valence-electron chi connectivity index (χ2n) is 4.60. The van der Waals surface area contributed by atoms with E-state index < -0.39 is 22.3 Å². The summed E-state index contributed by atoms with van der Waals surface area (Å²) in [4.78, 5) is 11.3. The van der Waals surface area contributed by atoms with Crippen LogP contribution in [0.15, 0.2) is 0 Å². The predicted molar refractivity (Wildman–Crippen MR) is 115 cm³/mol. The molecule has 120 valence electrons. The van der Waals surface area contributed by atoms with Crippen molar-refractivity contribution in [3.8, 4) is 0 Å². The van der Waals surface area contributed by atoms with Crippen LogP contribution in [0.2, 0.25) is 0 Å². The Morgan fingerprint density at radius 2 is 1.35 bits per heavy atom. The molecule has 0 atom stereocenters. The third-order valence-corrected chi connectivity index (χ3v) is 10.0. The number of carbonyl (C=O) groups is 1. The molecule has 20 heavy (non-hydrogen) atoms. The van der Waals surface area contributed by atoms with E-state index in [1.165, 1.54) is 0 Å².